The number of pyridine rings is 1. The first-order valence-electron chi connectivity index (χ1n) is 7.98. The van der Waals surface area contributed by atoms with Gasteiger partial charge in [0.25, 0.3) is 5.91 Å². The fraction of sp³-hybridized carbons (Fsp3) is 0.0500. The van der Waals surface area contributed by atoms with Crippen molar-refractivity contribution in [2.45, 2.75) is 6.92 Å². The molecular weight excluding hydrogens is 312 g/mol. The third kappa shape index (κ3) is 3.12. The van der Waals surface area contributed by atoms with Crippen molar-refractivity contribution in [1.29, 1.82) is 0 Å². The summed E-state index contributed by atoms with van der Waals surface area (Å²) < 4.78 is 1.75. The van der Waals surface area contributed by atoms with Crippen molar-refractivity contribution >= 4 is 22.5 Å². The van der Waals surface area contributed by atoms with Gasteiger partial charge >= 0.3 is 0 Å². The van der Waals surface area contributed by atoms with E-state index in [-0.39, 0.29) is 5.91 Å². The minimum atomic E-state index is -0.154. The van der Waals surface area contributed by atoms with Gasteiger partial charge in [0.2, 0.25) is 0 Å². The molecule has 5 nitrogen and oxygen atoms in total. The topological polar surface area (TPSA) is 59.8 Å². The Balaban J connectivity index is 1.55. The smallest absolute Gasteiger partial charge is 0.255 e. The first kappa shape index (κ1) is 15.1. The molecule has 2 aromatic carbocycles. The zero-order valence-corrected chi connectivity index (χ0v) is 13.7. The number of aromatic nitrogens is 3. The minimum Gasteiger partial charge on any atom is -0.322 e. The maximum absolute atomic E-state index is 12.5. The number of amides is 1. The SMILES string of the molecule is Cc1ccc2ccc(NC(=O)c3ccc(-n4cccn4)cc3)cc2n1. The number of fused-ring (bicyclic) bond motifs is 1. The van der Waals surface area contributed by atoms with Crippen LogP contribution >= 0.6 is 0 Å². The lowest BCUT2D eigenvalue weighted by Crippen LogP contribution is -2.12. The van der Waals surface area contributed by atoms with Gasteiger partial charge in [0, 0.05) is 34.7 Å². The van der Waals surface area contributed by atoms with E-state index < -0.39 is 0 Å². The number of rotatable bonds is 3. The van der Waals surface area contributed by atoms with Crippen LogP contribution in [0, 0.1) is 6.92 Å². The largest absolute Gasteiger partial charge is 0.322 e. The van der Waals surface area contributed by atoms with E-state index in [1.165, 1.54) is 0 Å². The number of nitrogens with one attached hydrogen (secondary N) is 1. The number of hydrogen-bond donors (Lipinski definition) is 1. The zero-order chi connectivity index (χ0) is 17.2. The van der Waals surface area contributed by atoms with Crippen molar-refractivity contribution in [1.82, 2.24) is 14.8 Å². The second kappa shape index (κ2) is 6.20. The fourth-order valence-electron chi connectivity index (χ4n) is 2.69. The number of nitrogens with zero attached hydrogens (tertiary/aromatic N) is 3. The highest BCUT2D eigenvalue weighted by molar-refractivity contribution is 6.05. The summed E-state index contributed by atoms with van der Waals surface area (Å²) in [7, 11) is 0. The monoisotopic (exact) mass is 328 g/mol. The molecular formula is C20H16N4O. The van der Waals surface area contributed by atoms with Gasteiger partial charge in [-0.3, -0.25) is 9.78 Å². The molecule has 0 saturated carbocycles. The van der Waals surface area contributed by atoms with E-state index in [9.17, 15) is 4.79 Å². The molecule has 0 saturated heterocycles. The highest BCUT2D eigenvalue weighted by atomic mass is 16.1. The highest BCUT2D eigenvalue weighted by Crippen LogP contribution is 2.19. The molecule has 5 heteroatoms. The number of hydrogen-bond acceptors (Lipinski definition) is 3. The normalized spacial score (nSPS) is 10.8. The van der Waals surface area contributed by atoms with Gasteiger partial charge in [0.05, 0.1) is 11.2 Å². The summed E-state index contributed by atoms with van der Waals surface area (Å²) in [4.78, 5) is 17.0. The second-order valence-electron chi connectivity index (χ2n) is 5.81. The minimum absolute atomic E-state index is 0.154. The van der Waals surface area contributed by atoms with Crippen LogP contribution in [0.25, 0.3) is 16.6 Å². The van der Waals surface area contributed by atoms with E-state index in [1.54, 1.807) is 23.0 Å². The zero-order valence-electron chi connectivity index (χ0n) is 13.7. The summed E-state index contributed by atoms with van der Waals surface area (Å²) in [6.07, 6.45) is 3.58. The molecule has 0 atom stereocenters. The third-order valence-corrected chi connectivity index (χ3v) is 3.99. The molecule has 4 rings (SSSR count). The number of aryl methyl sites for hydroxylation is 1. The van der Waals surface area contributed by atoms with Gasteiger partial charge in [-0.25, -0.2) is 4.68 Å². The van der Waals surface area contributed by atoms with E-state index in [4.69, 9.17) is 0 Å². The Kier molecular flexibility index (Phi) is 3.74. The van der Waals surface area contributed by atoms with E-state index in [1.807, 2.05) is 61.7 Å². The quantitative estimate of drug-likeness (QED) is 0.619. The number of benzene rings is 2. The standard InChI is InChI=1S/C20H16N4O/c1-14-3-4-15-5-8-17(13-19(15)22-14)23-20(25)16-6-9-18(10-7-16)24-12-2-11-21-24/h2-13H,1H3,(H,23,25). The Labute approximate surface area is 144 Å². The highest BCUT2D eigenvalue weighted by Gasteiger charge is 2.07. The number of anilines is 1. The summed E-state index contributed by atoms with van der Waals surface area (Å²) in [6, 6.07) is 18.9. The average molecular weight is 328 g/mol. The lowest BCUT2D eigenvalue weighted by atomic mass is 10.1. The van der Waals surface area contributed by atoms with Crippen molar-refractivity contribution < 1.29 is 4.79 Å². The summed E-state index contributed by atoms with van der Waals surface area (Å²) >= 11 is 0. The third-order valence-electron chi connectivity index (χ3n) is 3.99. The molecule has 0 aliphatic rings. The Morgan fingerprint density at radius 2 is 1.84 bits per heavy atom. The van der Waals surface area contributed by atoms with Gasteiger partial charge in [-0.1, -0.05) is 12.1 Å². The Hall–Kier alpha value is -3.47. The maximum Gasteiger partial charge on any atom is 0.255 e. The van der Waals surface area contributed by atoms with Crippen LogP contribution in [0.3, 0.4) is 0 Å². The van der Waals surface area contributed by atoms with Crippen LogP contribution in [0.1, 0.15) is 16.1 Å². The molecule has 0 spiro atoms. The van der Waals surface area contributed by atoms with Crippen LogP contribution in [0.15, 0.2) is 73.1 Å². The molecule has 2 heterocycles. The van der Waals surface area contributed by atoms with Crippen molar-refractivity contribution in [3.05, 3.63) is 84.3 Å². The van der Waals surface area contributed by atoms with E-state index in [0.29, 0.717) is 5.56 Å². The molecule has 0 aliphatic carbocycles. The van der Waals surface area contributed by atoms with Crippen molar-refractivity contribution in [3.63, 3.8) is 0 Å². The van der Waals surface area contributed by atoms with Crippen molar-refractivity contribution in [2.75, 3.05) is 5.32 Å². The Bertz CT molecular complexity index is 1040. The lowest BCUT2D eigenvalue weighted by molar-refractivity contribution is 0.102. The summed E-state index contributed by atoms with van der Waals surface area (Å²) in [6.45, 7) is 1.95. The first-order valence-corrected chi connectivity index (χ1v) is 7.98. The van der Waals surface area contributed by atoms with Gasteiger partial charge in [-0.05, 0) is 55.5 Å². The van der Waals surface area contributed by atoms with Crippen LogP contribution in [0.5, 0.6) is 0 Å². The molecule has 0 bridgehead atoms. The molecule has 1 amide bonds. The Morgan fingerprint density at radius 1 is 1.04 bits per heavy atom. The predicted molar refractivity (Wildman–Crippen MR) is 98.0 cm³/mol. The first-order chi connectivity index (χ1) is 12.2. The van der Waals surface area contributed by atoms with Crippen LogP contribution in [-0.2, 0) is 0 Å². The van der Waals surface area contributed by atoms with Crippen LogP contribution in [0.2, 0.25) is 0 Å². The van der Waals surface area contributed by atoms with E-state index >= 15 is 0 Å². The molecule has 122 valence electrons. The summed E-state index contributed by atoms with van der Waals surface area (Å²) in [5, 5.41) is 8.14. The van der Waals surface area contributed by atoms with Gasteiger partial charge in [0.15, 0.2) is 0 Å². The molecule has 4 aromatic rings. The maximum atomic E-state index is 12.5. The summed E-state index contributed by atoms with van der Waals surface area (Å²) in [5.74, 6) is -0.154. The predicted octanol–water partition coefficient (Wildman–Crippen LogP) is 3.98. The average Bonchev–Trinajstić information content (AvgIpc) is 3.16. The van der Waals surface area contributed by atoms with E-state index in [0.717, 1.165) is 28.0 Å². The van der Waals surface area contributed by atoms with Gasteiger partial charge < -0.3 is 5.32 Å². The Morgan fingerprint density at radius 3 is 2.60 bits per heavy atom. The van der Waals surface area contributed by atoms with Crippen molar-refractivity contribution in [3.8, 4) is 5.69 Å². The molecule has 0 unspecified atom stereocenters. The van der Waals surface area contributed by atoms with Gasteiger partial charge in [-0.2, -0.15) is 5.10 Å². The van der Waals surface area contributed by atoms with E-state index in [2.05, 4.69) is 15.4 Å². The van der Waals surface area contributed by atoms with Crippen molar-refractivity contribution in [2.24, 2.45) is 0 Å². The molecule has 0 aliphatic heterocycles. The molecule has 0 radical (unpaired) electrons. The molecule has 2 aromatic heterocycles. The van der Waals surface area contributed by atoms with Crippen LogP contribution < -0.4 is 5.32 Å². The molecule has 1 N–H and O–H groups in total. The molecule has 0 fully saturated rings. The van der Waals surface area contributed by atoms with Crippen LogP contribution in [0.4, 0.5) is 5.69 Å². The number of carbonyl (C=O) groups is 1. The lowest BCUT2D eigenvalue weighted by Gasteiger charge is -2.08. The number of carbonyl (C=O) groups excluding carboxylic acids is 1. The fourth-order valence-corrected chi connectivity index (χ4v) is 2.69. The van der Waals surface area contributed by atoms with Gasteiger partial charge in [-0.15, -0.1) is 0 Å². The van der Waals surface area contributed by atoms with Crippen LogP contribution in [-0.4, -0.2) is 20.7 Å². The molecule has 25 heavy (non-hydrogen) atoms. The second-order valence-corrected chi connectivity index (χ2v) is 5.81. The van der Waals surface area contributed by atoms with Gasteiger partial charge in [0.1, 0.15) is 0 Å². The summed E-state index contributed by atoms with van der Waals surface area (Å²) in [5.41, 5.74) is 4.05.